The van der Waals surface area contributed by atoms with Gasteiger partial charge in [0.15, 0.2) is 0 Å². The molecule has 0 N–H and O–H groups in total. The first-order valence-corrected chi connectivity index (χ1v) is 16.2. The van der Waals surface area contributed by atoms with E-state index in [1.165, 1.54) is 88.6 Å². The highest BCUT2D eigenvalue weighted by Gasteiger charge is 2.42. The summed E-state index contributed by atoms with van der Waals surface area (Å²) in [6.45, 7) is 11.1. The van der Waals surface area contributed by atoms with Gasteiger partial charge in [-0.1, -0.05) is 66.1 Å². The summed E-state index contributed by atoms with van der Waals surface area (Å²) in [7, 11) is 0. The van der Waals surface area contributed by atoms with Crippen LogP contribution in [0.2, 0.25) is 0 Å². The molecule has 0 saturated heterocycles. The molecule has 46 heavy (non-hydrogen) atoms. The molecule has 0 bridgehead atoms. The van der Waals surface area contributed by atoms with E-state index in [0.29, 0.717) is 0 Å². The lowest BCUT2D eigenvalue weighted by Gasteiger charge is -2.26. The minimum atomic E-state index is 0.0833. The largest absolute Gasteiger partial charge is 0.456 e. The molecule has 0 atom stereocenters. The molecule has 0 saturated carbocycles. The SMILES string of the molecule is Cc1cccc(C)c1-c1cc2c3c(c1)-n1c(C)nc4cc(-c5c(C)cccc5C)cc(c41)B3c1cc3oc4ccccc4c3cc1-2. The zero-order valence-electron chi connectivity index (χ0n) is 26.6. The zero-order valence-corrected chi connectivity index (χ0v) is 26.6. The van der Waals surface area contributed by atoms with Gasteiger partial charge in [-0.3, -0.25) is 4.57 Å². The predicted octanol–water partition coefficient (Wildman–Crippen LogP) is 8.61. The lowest BCUT2D eigenvalue weighted by molar-refractivity contribution is 0.669. The number of rotatable bonds is 2. The molecule has 6 aromatic carbocycles. The molecule has 0 amide bonds. The molecule has 4 heteroatoms. The Morgan fingerprint density at radius 3 is 1.98 bits per heavy atom. The fourth-order valence-electron chi connectivity index (χ4n) is 8.79. The van der Waals surface area contributed by atoms with Crippen molar-refractivity contribution in [3.8, 4) is 39.1 Å². The van der Waals surface area contributed by atoms with Crippen molar-refractivity contribution >= 4 is 56.1 Å². The highest BCUT2D eigenvalue weighted by atomic mass is 16.3. The van der Waals surface area contributed by atoms with E-state index < -0.39 is 0 Å². The summed E-state index contributed by atoms with van der Waals surface area (Å²) in [6, 6.07) is 35.9. The Balaban J connectivity index is 1.36. The molecular weight excluding hydrogens is 559 g/mol. The van der Waals surface area contributed by atoms with Crippen molar-refractivity contribution in [3.63, 3.8) is 0 Å². The molecule has 0 fully saturated rings. The highest BCUT2D eigenvalue weighted by molar-refractivity contribution is 7.01. The third-order valence-electron chi connectivity index (χ3n) is 10.6. The van der Waals surface area contributed by atoms with Crippen LogP contribution in [0.15, 0.2) is 101 Å². The van der Waals surface area contributed by atoms with Gasteiger partial charge in [-0.2, -0.15) is 0 Å². The molecule has 2 aliphatic rings. The normalized spacial score (nSPS) is 12.8. The smallest absolute Gasteiger partial charge is 0.248 e. The van der Waals surface area contributed by atoms with Gasteiger partial charge in [-0.05, 0) is 138 Å². The summed E-state index contributed by atoms with van der Waals surface area (Å²) in [5, 5.41) is 2.34. The molecule has 8 aromatic rings. The Bertz CT molecular complexity index is 2610. The van der Waals surface area contributed by atoms with E-state index in [0.717, 1.165) is 27.9 Å². The van der Waals surface area contributed by atoms with Gasteiger partial charge in [0, 0.05) is 16.5 Å². The highest BCUT2D eigenvalue weighted by Crippen LogP contribution is 2.41. The van der Waals surface area contributed by atoms with Crippen LogP contribution in [-0.4, -0.2) is 16.3 Å². The lowest BCUT2D eigenvalue weighted by atomic mass is 9.37. The van der Waals surface area contributed by atoms with E-state index >= 15 is 0 Å². The first-order valence-electron chi connectivity index (χ1n) is 16.2. The quantitative estimate of drug-likeness (QED) is 0.189. The Hall–Kier alpha value is -5.35. The van der Waals surface area contributed by atoms with Crippen LogP contribution >= 0.6 is 0 Å². The average molecular weight is 591 g/mol. The van der Waals surface area contributed by atoms with Crippen LogP contribution in [0.1, 0.15) is 28.1 Å². The number of fused-ring (bicyclic) bond motifs is 8. The van der Waals surface area contributed by atoms with Gasteiger partial charge in [-0.25, -0.2) is 4.98 Å². The standard InChI is InChI=1S/C42H31BN2O/c1-22-10-8-11-23(2)39(22)27-16-32-30-20-31-29-14-6-7-15-37(29)46-38(31)21-33(30)43-34-17-28(40-24(3)12-9-13-25(40)4)18-35-42(34)45(26(5)44-35)36(19-27)41(32)43/h6-21H,1-5H3. The van der Waals surface area contributed by atoms with Gasteiger partial charge in [0.2, 0.25) is 6.71 Å². The predicted molar refractivity (Wildman–Crippen MR) is 193 cm³/mol. The molecule has 0 radical (unpaired) electrons. The van der Waals surface area contributed by atoms with E-state index in [2.05, 4.69) is 136 Å². The summed E-state index contributed by atoms with van der Waals surface area (Å²) >= 11 is 0. The molecule has 0 spiro atoms. The summed E-state index contributed by atoms with van der Waals surface area (Å²) in [5.74, 6) is 1.02. The van der Waals surface area contributed by atoms with E-state index in [4.69, 9.17) is 9.40 Å². The fourth-order valence-corrected chi connectivity index (χ4v) is 8.79. The molecule has 2 aromatic heterocycles. The summed E-state index contributed by atoms with van der Waals surface area (Å²) in [4.78, 5) is 5.23. The third-order valence-corrected chi connectivity index (χ3v) is 10.6. The molecule has 0 unspecified atom stereocenters. The second-order valence-corrected chi connectivity index (χ2v) is 13.4. The molecule has 218 valence electrons. The van der Waals surface area contributed by atoms with E-state index in [9.17, 15) is 0 Å². The van der Waals surface area contributed by atoms with Crippen LogP contribution in [0.4, 0.5) is 0 Å². The monoisotopic (exact) mass is 590 g/mol. The Kier molecular flexibility index (Phi) is 5.01. The molecule has 4 heterocycles. The molecule has 10 rings (SSSR count). The second-order valence-electron chi connectivity index (χ2n) is 13.4. The van der Waals surface area contributed by atoms with Crippen LogP contribution in [0.5, 0.6) is 0 Å². The van der Waals surface area contributed by atoms with Crippen molar-refractivity contribution in [2.75, 3.05) is 0 Å². The molecule has 3 nitrogen and oxygen atoms in total. The van der Waals surface area contributed by atoms with Gasteiger partial charge in [0.25, 0.3) is 0 Å². The van der Waals surface area contributed by atoms with E-state index in [-0.39, 0.29) is 6.71 Å². The first kappa shape index (κ1) is 25.9. The maximum atomic E-state index is 6.50. The van der Waals surface area contributed by atoms with Crippen LogP contribution in [0.3, 0.4) is 0 Å². The van der Waals surface area contributed by atoms with Gasteiger partial charge >= 0.3 is 0 Å². The van der Waals surface area contributed by atoms with Gasteiger partial charge < -0.3 is 4.42 Å². The fraction of sp³-hybridized carbons (Fsp3) is 0.119. The van der Waals surface area contributed by atoms with E-state index in [1.807, 2.05) is 0 Å². The van der Waals surface area contributed by atoms with Gasteiger partial charge in [0.05, 0.1) is 11.0 Å². The summed E-state index contributed by atoms with van der Waals surface area (Å²) < 4.78 is 8.92. The Morgan fingerprint density at radius 1 is 0.587 bits per heavy atom. The molecular formula is C42H31BN2O. The number of aromatic nitrogens is 2. The maximum absolute atomic E-state index is 6.50. The first-order chi connectivity index (χ1) is 22.4. The average Bonchev–Trinajstić information content (AvgIpc) is 3.68. The van der Waals surface area contributed by atoms with Crippen molar-refractivity contribution in [2.24, 2.45) is 0 Å². The molecule has 2 aliphatic heterocycles. The third kappa shape index (κ3) is 3.26. The minimum absolute atomic E-state index is 0.0833. The lowest BCUT2D eigenvalue weighted by Crippen LogP contribution is -2.53. The zero-order chi connectivity index (χ0) is 31.0. The van der Waals surface area contributed by atoms with Gasteiger partial charge in [0.1, 0.15) is 17.0 Å². The number of hydrogen-bond acceptors (Lipinski definition) is 2. The number of para-hydroxylation sites is 1. The van der Waals surface area contributed by atoms with Crippen molar-refractivity contribution in [2.45, 2.75) is 34.6 Å². The van der Waals surface area contributed by atoms with Crippen molar-refractivity contribution in [1.29, 1.82) is 0 Å². The van der Waals surface area contributed by atoms with Gasteiger partial charge in [-0.15, -0.1) is 0 Å². The van der Waals surface area contributed by atoms with E-state index in [1.54, 1.807) is 0 Å². The number of furan rings is 1. The molecule has 0 aliphatic carbocycles. The number of hydrogen-bond donors (Lipinski definition) is 0. The number of benzene rings is 6. The van der Waals surface area contributed by atoms with Crippen molar-refractivity contribution in [3.05, 3.63) is 125 Å². The van der Waals surface area contributed by atoms with Crippen molar-refractivity contribution < 1.29 is 4.42 Å². The Morgan fingerprint density at radius 2 is 1.26 bits per heavy atom. The van der Waals surface area contributed by atoms with Crippen molar-refractivity contribution in [1.82, 2.24) is 9.55 Å². The Labute approximate surface area is 268 Å². The number of nitrogens with zero attached hydrogens (tertiary/aromatic N) is 2. The number of imidazole rings is 1. The van der Waals surface area contributed by atoms with Crippen LogP contribution in [0.25, 0.3) is 72.0 Å². The second kappa shape index (κ2) is 8.89. The number of aryl methyl sites for hydroxylation is 5. The topological polar surface area (TPSA) is 31.0 Å². The van der Waals surface area contributed by atoms with Crippen LogP contribution in [0, 0.1) is 34.6 Å². The minimum Gasteiger partial charge on any atom is -0.456 e. The maximum Gasteiger partial charge on any atom is 0.248 e. The summed E-state index contributed by atoms with van der Waals surface area (Å²) in [5.41, 5.74) is 22.3. The van der Waals surface area contributed by atoms with Crippen LogP contribution < -0.4 is 16.4 Å². The summed E-state index contributed by atoms with van der Waals surface area (Å²) in [6.07, 6.45) is 0. The van der Waals surface area contributed by atoms with Crippen LogP contribution in [-0.2, 0) is 0 Å².